The Hall–Kier alpha value is -4.35. The molecule has 2 atom stereocenters. The van der Waals surface area contributed by atoms with Gasteiger partial charge in [0.05, 0.1) is 24.0 Å². The highest BCUT2D eigenvalue weighted by Gasteiger charge is 2.38. The number of hydrogen-bond acceptors (Lipinski definition) is 6. The van der Waals surface area contributed by atoms with Gasteiger partial charge in [-0.05, 0) is 56.0 Å². The average Bonchev–Trinajstić information content (AvgIpc) is 3.48. The van der Waals surface area contributed by atoms with Crippen LogP contribution >= 0.6 is 0 Å². The van der Waals surface area contributed by atoms with E-state index in [2.05, 4.69) is 5.32 Å². The van der Waals surface area contributed by atoms with Gasteiger partial charge in [0.25, 0.3) is 5.91 Å². The third kappa shape index (κ3) is 7.48. The minimum atomic E-state index is -4.36. The van der Waals surface area contributed by atoms with Crippen LogP contribution in [0.1, 0.15) is 34.3 Å². The summed E-state index contributed by atoms with van der Waals surface area (Å²) in [5, 5.41) is 12.3. The Morgan fingerprint density at radius 3 is 2.17 bits per heavy atom. The molecular formula is C31H33N3O7S. The van der Waals surface area contributed by atoms with Gasteiger partial charge in [0.15, 0.2) is 5.78 Å². The summed E-state index contributed by atoms with van der Waals surface area (Å²) in [4.78, 5) is 52.8. The van der Waals surface area contributed by atoms with Crippen LogP contribution < -0.4 is 5.32 Å². The molecule has 0 saturated carbocycles. The van der Waals surface area contributed by atoms with Gasteiger partial charge in [0, 0.05) is 12.1 Å². The quantitative estimate of drug-likeness (QED) is 0.330. The lowest BCUT2D eigenvalue weighted by molar-refractivity contribution is -0.148. The molecule has 4 rings (SSSR count). The molecule has 1 aliphatic heterocycles. The zero-order chi connectivity index (χ0) is 30.3. The van der Waals surface area contributed by atoms with Crippen LogP contribution in [-0.2, 0) is 30.8 Å². The van der Waals surface area contributed by atoms with Gasteiger partial charge in [-0.1, -0.05) is 66.2 Å². The maximum atomic E-state index is 13.8. The smallest absolute Gasteiger partial charge is 0.326 e. The number of carbonyl (C=O) groups excluding carboxylic acids is 3. The van der Waals surface area contributed by atoms with Crippen LogP contribution in [0.15, 0.2) is 89.8 Å². The second-order valence-corrected chi connectivity index (χ2v) is 12.2. The van der Waals surface area contributed by atoms with Gasteiger partial charge in [0.1, 0.15) is 6.04 Å². The first-order valence-electron chi connectivity index (χ1n) is 13.6. The molecule has 220 valence electrons. The third-order valence-electron chi connectivity index (χ3n) is 7.17. The summed E-state index contributed by atoms with van der Waals surface area (Å²) >= 11 is 0. The number of likely N-dealkylation sites (tertiary alicyclic amines) is 1. The molecule has 11 heteroatoms. The number of ketones is 1. The van der Waals surface area contributed by atoms with E-state index in [4.69, 9.17) is 0 Å². The number of aliphatic carboxylic acids is 1. The highest BCUT2D eigenvalue weighted by molar-refractivity contribution is 7.89. The summed E-state index contributed by atoms with van der Waals surface area (Å²) in [6, 6.07) is 21.1. The molecule has 10 nitrogen and oxygen atoms in total. The molecule has 0 aliphatic carbocycles. The maximum absolute atomic E-state index is 13.8. The lowest BCUT2D eigenvalue weighted by atomic mass is 10.0. The van der Waals surface area contributed by atoms with E-state index in [1.807, 2.05) is 6.07 Å². The minimum absolute atomic E-state index is 0.0951. The van der Waals surface area contributed by atoms with E-state index < -0.39 is 58.8 Å². The van der Waals surface area contributed by atoms with Crippen molar-refractivity contribution in [3.8, 4) is 0 Å². The van der Waals surface area contributed by atoms with Crippen LogP contribution in [0.2, 0.25) is 0 Å². The summed E-state index contributed by atoms with van der Waals surface area (Å²) in [6.45, 7) is 0.534. The number of sulfonamides is 1. The van der Waals surface area contributed by atoms with Crippen LogP contribution in [0, 0.1) is 6.92 Å². The van der Waals surface area contributed by atoms with Gasteiger partial charge in [-0.15, -0.1) is 0 Å². The molecule has 1 heterocycles. The molecule has 2 amide bonds. The van der Waals surface area contributed by atoms with Crippen molar-refractivity contribution in [3.05, 3.63) is 102 Å². The van der Waals surface area contributed by atoms with E-state index >= 15 is 0 Å². The number of aryl methyl sites for hydroxylation is 1. The fourth-order valence-electron chi connectivity index (χ4n) is 4.86. The Morgan fingerprint density at radius 2 is 1.55 bits per heavy atom. The molecule has 1 unspecified atom stereocenters. The van der Waals surface area contributed by atoms with Crippen molar-refractivity contribution in [2.75, 3.05) is 19.6 Å². The number of benzene rings is 3. The first-order chi connectivity index (χ1) is 20.1. The zero-order valence-electron chi connectivity index (χ0n) is 23.2. The van der Waals surface area contributed by atoms with E-state index in [9.17, 15) is 32.7 Å². The predicted molar refractivity (Wildman–Crippen MR) is 155 cm³/mol. The number of nitrogens with zero attached hydrogens (tertiary/aromatic N) is 2. The fraction of sp³-hybridized carbons (Fsp3) is 0.290. The van der Waals surface area contributed by atoms with Crippen LogP contribution in [0.5, 0.6) is 0 Å². The molecule has 3 aromatic carbocycles. The SMILES string of the molecule is Cc1ccc(S(=O)(=O)N(CC(=O)C(Cc2ccccc2)NC(=O)c2ccccc2)CC(=O)N2CCC[C@@H]2C(=O)O)cc1. The molecular weight excluding hydrogens is 558 g/mol. The average molecular weight is 592 g/mol. The van der Waals surface area contributed by atoms with Crippen LogP contribution in [-0.4, -0.2) is 78.0 Å². The van der Waals surface area contributed by atoms with Crippen molar-refractivity contribution in [1.29, 1.82) is 0 Å². The molecule has 2 N–H and O–H groups in total. The van der Waals surface area contributed by atoms with Crippen molar-refractivity contribution in [2.24, 2.45) is 0 Å². The van der Waals surface area contributed by atoms with Gasteiger partial charge in [-0.25, -0.2) is 13.2 Å². The van der Waals surface area contributed by atoms with Crippen LogP contribution in [0.3, 0.4) is 0 Å². The van der Waals surface area contributed by atoms with Crippen LogP contribution in [0.25, 0.3) is 0 Å². The fourth-order valence-corrected chi connectivity index (χ4v) is 6.21. The summed E-state index contributed by atoms with van der Waals surface area (Å²) in [5.74, 6) is -3.01. The van der Waals surface area contributed by atoms with Crippen molar-refractivity contribution < 1.29 is 32.7 Å². The summed E-state index contributed by atoms with van der Waals surface area (Å²) < 4.78 is 28.3. The van der Waals surface area contributed by atoms with Crippen molar-refractivity contribution in [1.82, 2.24) is 14.5 Å². The largest absolute Gasteiger partial charge is 0.480 e. The lowest BCUT2D eigenvalue weighted by Gasteiger charge is -2.28. The minimum Gasteiger partial charge on any atom is -0.480 e. The van der Waals surface area contributed by atoms with Gasteiger partial charge < -0.3 is 15.3 Å². The molecule has 0 radical (unpaired) electrons. The van der Waals surface area contributed by atoms with E-state index in [-0.39, 0.29) is 24.3 Å². The van der Waals surface area contributed by atoms with Gasteiger partial charge in [0.2, 0.25) is 15.9 Å². The maximum Gasteiger partial charge on any atom is 0.326 e. The topological polar surface area (TPSA) is 141 Å². The number of rotatable bonds is 12. The zero-order valence-corrected chi connectivity index (χ0v) is 24.0. The van der Waals surface area contributed by atoms with Crippen molar-refractivity contribution in [3.63, 3.8) is 0 Å². The molecule has 42 heavy (non-hydrogen) atoms. The van der Waals surface area contributed by atoms with Crippen molar-refractivity contribution in [2.45, 2.75) is 43.2 Å². The van der Waals surface area contributed by atoms with Gasteiger partial charge in [-0.3, -0.25) is 14.4 Å². The number of carboxylic acids is 1. The highest BCUT2D eigenvalue weighted by atomic mass is 32.2. The number of carboxylic acid groups (broad SMARTS) is 1. The molecule has 3 aromatic rings. The molecule has 0 spiro atoms. The van der Waals surface area contributed by atoms with E-state index in [1.165, 1.54) is 12.1 Å². The molecule has 0 bridgehead atoms. The Bertz CT molecular complexity index is 1530. The molecule has 0 aromatic heterocycles. The monoisotopic (exact) mass is 591 g/mol. The molecule has 1 aliphatic rings. The Kier molecular flexibility index (Phi) is 9.87. The number of nitrogens with one attached hydrogen (secondary N) is 1. The normalized spacial score (nSPS) is 15.8. The van der Waals surface area contributed by atoms with Crippen LogP contribution in [0.4, 0.5) is 0 Å². The lowest BCUT2D eigenvalue weighted by Crippen LogP contribution is -2.51. The van der Waals surface area contributed by atoms with E-state index in [1.54, 1.807) is 73.7 Å². The predicted octanol–water partition coefficient (Wildman–Crippen LogP) is 2.67. The Balaban J connectivity index is 1.64. The third-order valence-corrected chi connectivity index (χ3v) is 8.98. The molecule has 1 fully saturated rings. The second-order valence-electron chi connectivity index (χ2n) is 10.2. The molecule has 1 saturated heterocycles. The number of amides is 2. The van der Waals surface area contributed by atoms with Gasteiger partial charge >= 0.3 is 5.97 Å². The first kappa shape index (κ1) is 30.6. The summed E-state index contributed by atoms with van der Waals surface area (Å²) in [5.41, 5.74) is 1.89. The first-order valence-corrected chi connectivity index (χ1v) is 15.0. The number of carbonyl (C=O) groups is 4. The van der Waals surface area contributed by atoms with E-state index in [0.29, 0.717) is 12.0 Å². The summed E-state index contributed by atoms with van der Waals surface area (Å²) in [7, 11) is -4.36. The van der Waals surface area contributed by atoms with Gasteiger partial charge in [-0.2, -0.15) is 4.31 Å². The Morgan fingerprint density at radius 1 is 0.929 bits per heavy atom. The number of Topliss-reactive ketones (excluding diaryl/α,β-unsaturated/α-hetero) is 1. The van der Waals surface area contributed by atoms with E-state index in [0.717, 1.165) is 20.3 Å². The summed E-state index contributed by atoms with van der Waals surface area (Å²) in [6.07, 6.45) is 0.824. The second kappa shape index (κ2) is 13.5. The standard InChI is InChI=1S/C31H33N3O7S/c1-22-14-16-25(17-15-22)42(40,41)33(21-29(36)34-18-8-13-27(34)31(38)39)20-28(35)26(19-23-9-4-2-5-10-23)32-30(37)24-11-6-3-7-12-24/h2-7,9-12,14-17,26-27H,8,13,18-21H2,1H3,(H,32,37)(H,38,39)/t26?,27-/m1/s1. The highest BCUT2D eigenvalue weighted by Crippen LogP contribution is 2.21. The number of hydrogen-bond donors (Lipinski definition) is 2. The van der Waals surface area contributed by atoms with Crippen molar-refractivity contribution >= 4 is 33.6 Å². The Labute approximate surface area is 245 Å².